The third-order valence-corrected chi connectivity index (χ3v) is 2.77. The zero-order valence-corrected chi connectivity index (χ0v) is 11.5. The molecule has 1 heterocycles. The number of thiocarbonyl (C=S) groups is 1. The number of nitrogens with two attached hydrogens (primary N) is 1. The second-order valence-corrected chi connectivity index (χ2v) is 4.42. The Hall–Kier alpha value is -1.40. The first-order valence-corrected chi connectivity index (χ1v) is 6.07. The van der Waals surface area contributed by atoms with Crippen molar-refractivity contribution in [1.29, 1.82) is 0 Å². The molecule has 0 saturated carbocycles. The first kappa shape index (κ1) is 14.7. The molecule has 0 atom stereocenters. The van der Waals surface area contributed by atoms with Crippen molar-refractivity contribution < 1.29 is 13.9 Å². The zero-order chi connectivity index (χ0) is 13.5. The summed E-state index contributed by atoms with van der Waals surface area (Å²) in [6.07, 6.45) is 2.01. The van der Waals surface area contributed by atoms with Crippen LogP contribution < -0.4 is 5.73 Å². The first-order valence-electron chi connectivity index (χ1n) is 5.67. The van der Waals surface area contributed by atoms with Crippen molar-refractivity contribution in [2.45, 2.75) is 13.3 Å². The van der Waals surface area contributed by atoms with Crippen LogP contribution in [0.4, 0.5) is 0 Å². The molecule has 0 bridgehead atoms. The van der Waals surface area contributed by atoms with Gasteiger partial charge in [0.1, 0.15) is 5.76 Å². The maximum Gasteiger partial charge on any atom is 0.257 e. The number of rotatable bonds is 7. The van der Waals surface area contributed by atoms with E-state index in [1.165, 1.54) is 6.26 Å². The number of ether oxygens (including phenoxy) is 1. The van der Waals surface area contributed by atoms with E-state index in [0.717, 1.165) is 0 Å². The Morgan fingerprint density at radius 1 is 1.56 bits per heavy atom. The van der Waals surface area contributed by atoms with Crippen molar-refractivity contribution in [3.05, 3.63) is 23.7 Å². The highest BCUT2D eigenvalue weighted by Gasteiger charge is 2.19. The van der Waals surface area contributed by atoms with Crippen LogP contribution in [-0.4, -0.2) is 42.6 Å². The van der Waals surface area contributed by atoms with Gasteiger partial charge in [0.2, 0.25) is 0 Å². The van der Waals surface area contributed by atoms with Gasteiger partial charge in [0.05, 0.1) is 23.4 Å². The second kappa shape index (κ2) is 7.13. The van der Waals surface area contributed by atoms with Crippen LogP contribution in [0.2, 0.25) is 0 Å². The number of nitrogens with zero attached hydrogens (tertiary/aromatic N) is 1. The first-order chi connectivity index (χ1) is 8.56. The lowest BCUT2D eigenvalue weighted by atomic mass is 10.2. The van der Waals surface area contributed by atoms with Crippen LogP contribution in [0.25, 0.3) is 0 Å². The van der Waals surface area contributed by atoms with Gasteiger partial charge in [-0.1, -0.05) is 12.2 Å². The number of carbonyl (C=O) groups excluding carboxylic acids is 1. The normalized spacial score (nSPS) is 10.3. The van der Waals surface area contributed by atoms with Crippen LogP contribution in [0.5, 0.6) is 0 Å². The van der Waals surface area contributed by atoms with E-state index >= 15 is 0 Å². The van der Waals surface area contributed by atoms with E-state index < -0.39 is 0 Å². The number of hydrogen-bond donors (Lipinski definition) is 1. The van der Waals surface area contributed by atoms with Crippen molar-refractivity contribution in [2.24, 2.45) is 5.73 Å². The molecule has 0 aliphatic carbocycles. The molecule has 0 radical (unpaired) electrons. The van der Waals surface area contributed by atoms with Crippen LogP contribution in [0.1, 0.15) is 22.5 Å². The Balaban J connectivity index is 2.72. The minimum atomic E-state index is -0.0884. The minimum Gasteiger partial charge on any atom is -0.469 e. The van der Waals surface area contributed by atoms with E-state index in [4.69, 9.17) is 27.1 Å². The fraction of sp³-hybridized carbons (Fsp3) is 0.500. The molecule has 0 spiro atoms. The molecule has 18 heavy (non-hydrogen) atoms. The zero-order valence-electron chi connectivity index (χ0n) is 10.6. The van der Waals surface area contributed by atoms with E-state index in [1.54, 1.807) is 25.0 Å². The Labute approximate surface area is 112 Å². The van der Waals surface area contributed by atoms with Crippen LogP contribution in [0.15, 0.2) is 16.7 Å². The maximum atomic E-state index is 12.3. The third kappa shape index (κ3) is 4.12. The van der Waals surface area contributed by atoms with Gasteiger partial charge in [0, 0.05) is 26.6 Å². The lowest BCUT2D eigenvalue weighted by molar-refractivity contribution is 0.0699. The van der Waals surface area contributed by atoms with Crippen LogP contribution >= 0.6 is 12.2 Å². The molecule has 0 fully saturated rings. The number of amides is 1. The molecule has 1 aromatic heterocycles. The fourth-order valence-electron chi connectivity index (χ4n) is 1.54. The summed E-state index contributed by atoms with van der Waals surface area (Å²) in [4.78, 5) is 14.3. The molecule has 0 unspecified atom stereocenters. The van der Waals surface area contributed by atoms with Gasteiger partial charge in [-0.2, -0.15) is 0 Å². The smallest absolute Gasteiger partial charge is 0.257 e. The summed E-state index contributed by atoms with van der Waals surface area (Å²) < 4.78 is 10.1. The molecular weight excluding hydrogens is 252 g/mol. The topological polar surface area (TPSA) is 68.7 Å². The van der Waals surface area contributed by atoms with Gasteiger partial charge in [-0.05, 0) is 13.0 Å². The van der Waals surface area contributed by atoms with Gasteiger partial charge in [0.15, 0.2) is 0 Å². The molecular formula is C12H18N2O3S. The molecule has 1 rings (SSSR count). The summed E-state index contributed by atoms with van der Waals surface area (Å²) in [5.74, 6) is 0.521. The predicted octanol–water partition coefficient (Wildman–Crippen LogP) is 1.35. The lowest BCUT2D eigenvalue weighted by Crippen LogP contribution is -2.36. The molecule has 6 heteroatoms. The quantitative estimate of drug-likeness (QED) is 0.757. The minimum absolute atomic E-state index is 0.0884. The predicted molar refractivity (Wildman–Crippen MR) is 72.6 cm³/mol. The highest BCUT2D eigenvalue weighted by atomic mass is 32.1. The molecule has 0 aromatic carbocycles. The van der Waals surface area contributed by atoms with Crippen molar-refractivity contribution in [3.8, 4) is 0 Å². The van der Waals surface area contributed by atoms with Gasteiger partial charge in [-0.15, -0.1) is 0 Å². The highest BCUT2D eigenvalue weighted by Crippen LogP contribution is 2.12. The maximum absolute atomic E-state index is 12.3. The van der Waals surface area contributed by atoms with Gasteiger partial charge in [0.25, 0.3) is 5.91 Å². The average Bonchev–Trinajstić information content (AvgIpc) is 2.74. The third-order valence-electron chi connectivity index (χ3n) is 2.57. The van der Waals surface area contributed by atoms with Crippen molar-refractivity contribution in [2.75, 3.05) is 26.8 Å². The summed E-state index contributed by atoms with van der Waals surface area (Å²) in [5, 5.41) is 0. The summed E-state index contributed by atoms with van der Waals surface area (Å²) in [5.41, 5.74) is 6.03. The molecule has 0 aliphatic heterocycles. The van der Waals surface area contributed by atoms with Gasteiger partial charge in [-0.3, -0.25) is 4.79 Å². The number of hydrogen-bond acceptors (Lipinski definition) is 4. The van der Waals surface area contributed by atoms with E-state index in [0.29, 0.717) is 42.4 Å². The standard InChI is InChI=1S/C12H18N2O3S/c1-9-10(4-7-17-9)12(15)14(6-8-16-2)5-3-11(13)18/h4,7H,3,5-6,8H2,1-2H3,(H2,13,18). The molecule has 5 nitrogen and oxygen atoms in total. The van der Waals surface area contributed by atoms with Crippen LogP contribution in [0, 0.1) is 6.92 Å². The molecule has 0 saturated heterocycles. The Morgan fingerprint density at radius 3 is 2.78 bits per heavy atom. The monoisotopic (exact) mass is 270 g/mol. The summed E-state index contributed by atoms with van der Waals surface area (Å²) >= 11 is 4.83. The van der Waals surface area contributed by atoms with Crippen LogP contribution in [0.3, 0.4) is 0 Å². The van der Waals surface area contributed by atoms with Gasteiger partial charge < -0.3 is 19.8 Å². The Bertz CT molecular complexity index is 417. The number of methoxy groups -OCH3 is 1. The Morgan fingerprint density at radius 2 is 2.28 bits per heavy atom. The van der Waals surface area contributed by atoms with Crippen molar-refractivity contribution in [3.63, 3.8) is 0 Å². The Kier molecular flexibility index (Phi) is 5.80. The average molecular weight is 270 g/mol. The highest BCUT2D eigenvalue weighted by molar-refractivity contribution is 7.80. The molecule has 100 valence electrons. The fourth-order valence-corrected chi connectivity index (χ4v) is 1.63. The molecule has 0 aliphatic rings. The number of furan rings is 1. The summed E-state index contributed by atoms with van der Waals surface area (Å²) in [6.45, 7) is 3.22. The summed E-state index contributed by atoms with van der Waals surface area (Å²) in [7, 11) is 1.60. The van der Waals surface area contributed by atoms with Crippen LogP contribution in [-0.2, 0) is 4.74 Å². The lowest BCUT2D eigenvalue weighted by Gasteiger charge is -2.21. The van der Waals surface area contributed by atoms with E-state index in [-0.39, 0.29) is 5.91 Å². The molecule has 1 aromatic rings. The SMILES string of the molecule is COCCN(CCC(N)=S)C(=O)c1ccoc1C. The van der Waals surface area contributed by atoms with E-state index in [2.05, 4.69) is 0 Å². The molecule has 1 amide bonds. The number of aryl methyl sites for hydroxylation is 1. The largest absolute Gasteiger partial charge is 0.469 e. The van der Waals surface area contributed by atoms with Gasteiger partial charge in [-0.25, -0.2) is 0 Å². The van der Waals surface area contributed by atoms with Gasteiger partial charge >= 0.3 is 0 Å². The number of carbonyl (C=O) groups is 1. The summed E-state index contributed by atoms with van der Waals surface area (Å²) in [6, 6.07) is 1.66. The van der Waals surface area contributed by atoms with E-state index in [9.17, 15) is 4.79 Å². The van der Waals surface area contributed by atoms with Crippen molar-refractivity contribution >= 4 is 23.1 Å². The van der Waals surface area contributed by atoms with Crippen molar-refractivity contribution in [1.82, 2.24) is 4.90 Å². The second-order valence-electron chi connectivity index (χ2n) is 3.89. The van der Waals surface area contributed by atoms with E-state index in [1.807, 2.05) is 0 Å². The molecule has 2 N–H and O–H groups in total.